The molecule has 1 saturated heterocycles. The van der Waals surface area contributed by atoms with E-state index in [1.807, 2.05) is 7.05 Å². The van der Waals surface area contributed by atoms with Gasteiger partial charge in [0.1, 0.15) is 16.5 Å². The number of carbonyl (C=O) groups excluding carboxylic acids is 1. The smallest absolute Gasteiger partial charge is 0.373 e. The number of furan rings is 1. The van der Waals surface area contributed by atoms with Crippen LogP contribution in [0.5, 0.6) is 0 Å². The van der Waals surface area contributed by atoms with Gasteiger partial charge in [-0.3, -0.25) is 0 Å². The van der Waals surface area contributed by atoms with E-state index < -0.39 is 22.0 Å². The second-order valence-corrected chi connectivity index (χ2v) is 7.61. The van der Waals surface area contributed by atoms with Gasteiger partial charge >= 0.3 is 5.97 Å². The topological polar surface area (TPSA) is 107 Å². The molecule has 136 valence electrons. The molecule has 1 aliphatic rings. The highest BCUT2D eigenvalue weighted by Gasteiger charge is 2.38. The third-order valence-electron chi connectivity index (χ3n) is 4.20. The van der Waals surface area contributed by atoms with Gasteiger partial charge in [-0.05, 0) is 6.92 Å². The Morgan fingerprint density at radius 2 is 2.24 bits per heavy atom. The summed E-state index contributed by atoms with van der Waals surface area (Å²) in [5, 5.41) is 3.19. The quantitative estimate of drug-likeness (QED) is 0.781. The lowest BCUT2D eigenvalue weighted by molar-refractivity contribution is 0.0563. The molecule has 0 saturated carbocycles. The molecule has 3 rings (SSSR count). The Morgan fingerprint density at radius 1 is 1.48 bits per heavy atom. The van der Waals surface area contributed by atoms with Crippen molar-refractivity contribution in [3.05, 3.63) is 35.8 Å². The minimum absolute atomic E-state index is 0.0333. The van der Waals surface area contributed by atoms with Crippen LogP contribution in [0.15, 0.2) is 27.8 Å². The van der Waals surface area contributed by atoms with E-state index in [1.165, 1.54) is 24.4 Å². The molecule has 2 aromatic rings. The zero-order valence-corrected chi connectivity index (χ0v) is 15.0. The molecule has 25 heavy (non-hydrogen) atoms. The maximum absolute atomic E-state index is 13.2. The molecular formula is C15H20N4O5S. The van der Waals surface area contributed by atoms with Crippen LogP contribution in [0.25, 0.3) is 0 Å². The molecule has 10 heteroatoms. The summed E-state index contributed by atoms with van der Waals surface area (Å²) in [5.74, 6) is -0.0598. The summed E-state index contributed by atoms with van der Waals surface area (Å²) in [6.45, 7) is 2.78. The highest BCUT2D eigenvalue weighted by Crippen LogP contribution is 2.31. The van der Waals surface area contributed by atoms with Crippen molar-refractivity contribution in [2.75, 3.05) is 26.7 Å². The van der Waals surface area contributed by atoms with Crippen LogP contribution in [-0.4, -0.2) is 55.0 Å². The largest absolute Gasteiger partial charge is 0.463 e. The molecule has 0 bridgehead atoms. The number of nitrogens with zero attached hydrogens (tertiary/aromatic N) is 3. The Morgan fingerprint density at radius 3 is 2.88 bits per heavy atom. The molecule has 0 radical (unpaired) electrons. The molecule has 1 unspecified atom stereocenters. The zero-order valence-electron chi connectivity index (χ0n) is 14.2. The van der Waals surface area contributed by atoms with Crippen molar-refractivity contribution in [3.63, 3.8) is 0 Å². The SMILES string of the molecule is COC(=O)c1cc(S(=O)(=O)N2CCNCC2c2nccn2C)c(C)o1. The van der Waals surface area contributed by atoms with Crippen LogP contribution >= 0.6 is 0 Å². The third kappa shape index (κ3) is 3.08. The number of piperazine rings is 1. The summed E-state index contributed by atoms with van der Waals surface area (Å²) >= 11 is 0. The monoisotopic (exact) mass is 368 g/mol. The Bertz CT molecular complexity index is 886. The van der Waals surface area contributed by atoms with E-state index in [4.69, 9.17) is 4.42 Å². The number of esters is 1. The molecule has 9 nitrogen and oxygen atoms in total. The second kappa shape index (κ2) is 6.62. The van der Waals surface area contributed by atoms with Gasteiger partial charge in [0.15, 0.2) is 0 Å². The first-order valence-electron chi connectivity index (χ1n) is 7.74. The van der Waals surface area contributed by atoms with Gasteiger partial charge in [0.2, 0.25) is 15.8 Å². The van der Waals surface area contributed by atoms with E-state index in [0.29, 0.717) is 18.9 Å². The maximum atomic E-state index is 13.2. The van der Waals surface area contributed by atoms with E-state index in [0.717, 1.165) is 0 Å². The molecule has 0 spiro atoms. The zero-order chi connectivity index (χ0) is 18.2. The van der Waals surface area contributed by atoms with Crippen LogP contribution in [0.3, 0.4) is 0 Å². The van der Waals surface area contributed by atoms with Gasteiger partial charge < -0.3 is 19.0 Å². The van der Waals surface area contributed by atoms with Crippen LogP contribution in [0.2, 0.25) is 0 Å². The lowest BCUT2D eigenvalue weighted by atomic mass is 10.2. The lowest BCUT2D eigenvalue weighted by Gasteiger charge is -2.34. The van der Waals surface area contributed by atoms with E-state index in [2.05, 4.69) is 15.0 Å². The predicted molar refractivity (Wildman–Crippen MR) is 87.5 cm³/mol. The highest BCUT2D eigenvalue weighted by atomic mass is 32.2. The Balaban J connectivity index is 2.02. The number of ether oxygens (including phenoxy) is 1. The average molecular weight is 368 g/mol. The van der Waals surface area contributed by atoms with Gasteiger partial charge in [-0.2, -0.15) is 4.31 Å². The number of carbonyl (C=O) groups is 1. The maximum Gasteiger partial charge on any atom is 0.373 e. The molecule has 2 aromatic heterocycles. The Hall–Kier alpha value is -2.17. The van der Waals surface area contributed by atoms with Gasteiger partial charge in [-0.15, -0.1) is 0 Å². The van der Waals surface area contributed by atoms with Crippen LogP contribution in [0, 0.1) is 6.92 Å². The van der Waals surface area contributed by atoms with E-state index in [9.17, 15) is 13.2 Å². The van der Waals surface area contributed by atoms with Crippen LogP contribution < -0.4 is 5.32 Å². The van der Waals surface area contributed by atoms with Gasteiger partial charge in [0.25, 0.3) is 0 Å². The number of aromatic nitrogens is 2. The predicted octanol–water partition coefficient (Wildman–Crippen LogP) is 0.443. The third-order valence-corrected chi connectivity index (χ3v) is 6.21. The molecule has 0 aliphatic carbocycles. The van der Waals surface area contributed by atoms with E-state index >= 15 is 0 Å². The Kier molecular flexibility index (Phi) is 4.67. The molecule has 1 aliphatic heterocycles. The van der Waals surface area contributed by atoms with Gasteiger partial charge in [0.05, 0.1) is 13.2 Å². The number of rotatable bonds is 4. The number of nitrogens with one attached hydrogen (secondary N) is 1. The highest BCUT2D eigenvalue weighted by molar-refractivity contribution is 7.89. The van der Waals surface area contributed by atoms with Crippen molar-refractivity contribution < 1.29 is 22.4 Å². The number of hydrogen-bond donors (Lipinski definition) is 1. The van der Waals surface area contributed by atoms with Crippen molar-refractivity contribution >= 4 is 16.0 Å². The number of methoxy groups -OCH3 is 1. The summed E-state index contributed by atoms with van der Waals surface area (Å²) in [7, 11) is -0.837. The summed E-state index contributed by atoms with van der Waals surface area (Å²) in [6, 6.07) is 0.767. The lowest BCUT2D eigenvalue weighted by Crippen LogP contribution is -2.49. The minimum Gasteiger partial charge on any atom is -0.463 e. The van der Waals surface area contributed by atoms with E-state index in [1.54, 1.807) is 17.0 Å². The molecule has 0 amide bonds. The van der Waals surface area contributed by atoms with Crippen LogP contribution in [-0.2, 0) is 21.8 Å². The summed E-state index contributed by atoms with van der Waals surface area (Å²) in [6.07, 6.45) is 3.40. The fraction of sp³-hybridized carbons (Fsp3) is 0.467. The fourth-order valence-electron chi connectivity index (χ4n) is 2.94. The first-order chi connectivity index (χ1) is 11.9. The van der Waals surface area contributed by atoms with E-state index in [-0.39, 0.29) is 23.0 Å². The molecule has 1 N–H and O–H groups in total. The summed E-state index contributed by atoms with van der Waals surface area (Å²) in [4.78, 5) is 15.9. The normalized spacial score (nSPS) is 19.1. The first-order valence-corrected chi connectivity index (χ1v) is 9.18. The summed E-state index contributed by atoms with van der Waals surface area (Å²) in [5.41, 5.74) is 0. The van der Waals surface area contributed by atoms with Gasteiger partial charge in [-0.25, -0.2) is 18.2 Å². The van der Waals surface area contributed by atoms with Crippen molar-refractivity contribution in [1.29, 1.82) is 0 Å². The first kappa shape index (κ1) is 17.6. The number of aryl methyl sites for hydroxylation is 2. The van der Waals surface area contributed by atoms with Gasteiger partial charge in [0, 0.05) is 45.1 Å². The van der Waals surface area contributed by atoms with Crippen LogP contribution in [0.1, 0.15) is 28.2 Å². The van der Waals surface area contributed by atoms with Crippen molar-refractivity contribution in [2.24, 2.45) is 7.05 Å². The van der Waals surface area contributed by atoms with Gasteiger partial charge in [-0.1, -0.05) is 0 Å². The molecule has 1 fully saturated rings. The molecule has 3 heterocycles. The molecular weight excluding hydrogens is 348 g/mol. The average Bonchev–Trinajstić information content (AvgIpc) is 3.20. The number of imidazole rings is 1. The summed E-state index contributed by atoms with van der Waals surface area (Å²) < 4.78 is 39.5. The second-order valence-electron chi connectivity index (χ2n) is 5.75. The van der Waals surface area contributed by atoms with Crippen molar-refractivity contribution in [3.8, 4) is 0 Å². The standard InChI is InChI=1S/C15H20N4O5S/c1-10-13(8-12(24-10)15(20)23-3)25(21,22)19-7-4-16-9-11(19)14-17-5-6-18(14)2/h5-6,8,11,16H,4,7,9H2,1-3H3. The number of sulfonamides is 1. The fourth-order valence-corrected chi connectivity index (χ4v) is 4.69. The Labute approximate surface area is 145 Å². The van der Waals surface area contributed by atoms with Crippen molar-refractivity contribution in [2.45, 2.75) is 17.9 Å². The minimum atomic E-state index is -3.87. The molecule has 1 atom stereocenters. The molecule has 0 aromatic carbocycles. The van der Waals surface area contributed by atoms with Crippen LogP contribution in [0.4, 0.5) is 0 Å². The van der Waals surface area contributed by atoms with Crippen molar-refractivity contribution in [1.82, 2.24) is 19.2 Å². The number of hydrogen-bond acceptors (Lipinski definition) is 7.